The molecule has 45 heavy (non-hydrogen) atoms. The molecule has 6 rings (SSSR count). The van der Waals surface area contributed by atoms with E-state index >= 15 is 0 Å². The summed E-state index contributed by atoms with van der Waals surface area (Å²) in [6.45, 7) is 4.34. The molecule has 13 heteroatoms. The fraction of sp³-hybridized carbons (Fsp3) is 0.531. The molecule has 2 saturated heterocycles. The lowest BCUT2D eigenvalue weighted by Gasteiger charge is -2.43. The molecule has 6 atom stereocenters. The number of aromatic hydroxyl groups is 2. The molecule has 2 fully saturated rings. The van der Waals surface area contributed by atoms with Crippen molar-refractivity contribution in [3.8, 4) is 17.2 Å². The van der Waals surface area contributed by atoms with Gasteiger partial charge in [-0.3, -0.25) is 19.3 Å². The number of Topliss-reactive ketones (excluding diaryl/α,β-unsaturated/α-hetero) is 1. The number of carbonyl (C=O) groups excluding carboxylic acids is 3. The van der Waals surface area contributed by atoms with Gasteiger partial charge in [-0.05, 0) is 20.0 Å². The van der Waals surface area contributed by atoms with Crippen LogP contribution < -0.4 is 10.5 Å². The number of ketones is 3. The van der Waals surface area contributed by atoms with Crippen molar-refractivity contribution in [1.82, 2.24) is 9.80 Å². The molecule has 13 nitrogen and oxygen atoms in total. The van der Waals surface area contributed by atoms with E-state index in [1.54, 1.807) is 6.92 Å². The van der Waals surface area contributed by atoms with Crippen LogP contribution in [-0.2, 0) is 20.7 Å². The first-order valence-corrected chi connectivity index (χ1v) is 15.1. The number of fused-ring (bicyclic) bond motifs is 3. The zero-order chi connectivity index (χ0) is 32.4. The monoisotopic (exact) mass is 625 g/mol. The smallest absolute Gasteiger partial charge is 0.202 e. The molecule has 2 aliphatic heterocycles. The number of hydrogen-bond acceptors (Lipinski definition) is 13. The summed E-state index contributed by atoms with van der Waals surface area (Å²) < 4.78 is 17.4. The van der Waals surface area contributed by atoms with Gasteiger partial charge < -0.3 is 45.3 Å². The van der Waals surface area contributed by atoms with Crippen LogP contribution in [0.1, 0.15) is 68.8 Å². The Balaban J connectivity index is 1.44. The number of methoxy groups -OCH3 is 1. The summed E-state index contributed by atoms with van der Waals surface area (Å²) in [7, 11) is 3.34. The van der Waals surface area contributed by atoms with E-state index in [-0.39, 0.29) is 47.4 Å². The van der Waals surface area contributed by atoms with E-state index in [1.165, 1.54) is 25.3 Å². The van der Waals surface area contributed by atoms with Crippen molar-refractivity contribution in [2.45, 2.75) is 62.4 Å². The molecule has 6 N–H and O–H groups in total. The van der Waals surface area contributed by atoms with E-state index < -0.39 is 82.6 Å². The summed E-state index contributed by atoms with van der Waals surface area (Å²) in [4.78, 5) is 45.5. The molecular weight excluding hydrogens is 586 g/mol. The van der Waals surface area contributed by atoms with Crippen LogP contribution >= 0.6 is 0 Å². The second kappa shape index (κ2) is 11.7. The highest BCUT2D eigenvalue weighted by atomic mass is 16.7. The SMILES string of the molecule is COc1cccc2c1C(=O)c1c(O)c3c(c(O)c1C2=O)C[C@@](O)(C(=O)CN1CCN(C)CC1)C[C@H]3O[C@H]1C[C@@H](N)[C@H](O)[C@@H](C)O1. The first kappa shape index (κ1) is 31.5. The van der Waals surface area contributed by atoms with Crippen LogP contribution in [0.2, 0.25) is 0 Å². The Morgan fingerprint density at radius 2 is 1.78 bits per heavy atom. The number of nitrogens with zero attached hydrogens (tertiary/aromatic N) is 2. The van der Waals surface area contributed by atoms with Crippen LogP contribution in [0.4, 0.5) is 0 Å². The highest BCUT2D eigenvalue weighted by Gasteiger charge is 2.50. The molecule has 0 spiro atoms. The van der Waals surface area contributed by atoms with E-state index in [1.807, 2.05) is 11.9 Å². The van der Waals surface area contributed by atoms with Crippen molar-refractivity contribution in [1.29, 1.82) is 0 Å². The Morgan fingerprint density at radius 3 is 2.44 bits per heavy atom. The maximum absolute atomic E-state index is 13.9. The minimum Gasteiger partial charge on any atom is -0.507 e. The average molecular weight is 626 g/mol. The van der Waals surface area contributed by atoms with Gasteiger partial charge in [0.15, 0.2) is 17.9 Å². The Kier molecular flexibility index (Phi) is 8.23. The summed E-state index contributed by atoms with van der Waals surface area (Å²) in [5, 5.41) is 45.6. The maximum atomic E-state index is 13.9. The largest absolute Gasteiger partial charge is 0.507 e. The van der Waals surface area contributed by atoms with Gasteiger partial charge in [-0.15, -0.1) is 0 Å². The molecule has 0 bridgehead atoms. The number of phenolic OH excluding ortho intramolecular Hbond substituents is 2. The van der Waals surface area contributed by atoms with E-state index in [9.17, 15) is 34.8 Å². The predicted octanol–water partition coefficient (Wildman–Crippen LogP) is 0.256. The first-order chi connectivity index (χ1) is 21.3. The van der Waals surface area contributed by atoms with E-state index in [0.29, 0.717) is 13.1 Å². The lowest BCUT2D eigenvalue weighted by atomic mass is 9.71. The standard InChI is InChI=1S/C32H39N3O10/c1-15-27(37)18(33)11-22(44-15)45-20-13-32(42,21(36)14-35-9-7-34(2)8-10-35)12-17-24(20)31(41)26-25(29(17)39)28(38)16-5-4-6-19(43-3)23(16)30(26)40/h4-6,15,18,20,22,27,37,39,41-42H,7-14,33H2,1-3H3/t15-,18-,20-,22+,27-,32+/m1/s1. The number of ether oxygens (including phenoxy) is 3. The number of piperazine rings is 1. The summed E-state index contributed by atoms with van der Waals surface area (Å²) >= 11 is 0. The van der Waals surface area contributed by atoms with Gasteiger partial charge in [-0.2, -0.15) is 0 Å². The summed E-state index contributed by atoms with van der Waals surface area (Å²) in [5.41, 5.74) is 3.07. The molecule has 242 valence electrons. The number of likely N-dealkylation sites (N-methyl/N-ethyl adjacent to an activating group) is 1. The Morgan fingerprint density at radius 1 is 1.09 bits per heavy atom. The van der Waals surface area contributed by atoms with Gasteiger partial charge >= 0.3 is 0 Å². The van der Waals surface area contributed by atoms with Crippen LogP contribution in [0, 0.1) is 0 Å². The van der Waals surface area contributed by atoms with Gasteiger partial charge in [0.25, 0.3) is 0 Å². The fourth-order valence-corrected chi connectivity index (χ4v) is 6.96. The number of aliphatic hydroxyl groups is 2. The number of carbonyl (C=O) groups is 3. The van der Waals surface area contributed by atoms with Gasteiger partial charge in [0.1, 0.15) is 22.8 Å². The lowest BCUT2D eigenvalue weighted by Crippen LogP contribution is -2.54. The van der Waals surface area contributed by atoms with Crippen molar-refractivity contribution in [3.63, 3.8) is 0 Å². The van der Waals surface area contributed by atoms with Gasteiger partial charge in [0.2, 0.25) is 5.78 Å². The molecule has 0 amide bonds. The second-order valence-corrected chi connectivity index (χ2v) is 12.6. The van der Waals surface area contributed by atoms with Gasteiger partial charge in [0.05, 0.1) is 48.7 Å². The van der Waals surface area contributed by atoms with Crippen LogP contribution in [0.15, 0.2) is 18.2 Å². The number of benzene rings is 2. The fourth-order valence-electron chi connectivity index (χ4n) is 6.96. The zero-order valence-electron chi connectivity index (χ0n) is 25.5. The van der Waals surface area contributed by atoms with Crippen LogP contribution in [0.5, 0.6) is 17.2 Å². The molecule has 0 unspecified atom stereocenters. The molecule has 2 aromatic carbocycles. The van der Waals surface area contributed by atoms with Gasteiger partial charge in [-0.25, -0.2) is 0 Å². The summed E-state index contributed by atoms with van der Waals surface area (Å²) in [6.07, 6.45) is -4.61. The molecular formula is C32H39N3O10. The topological polar surface area (TPSA) is 192 Å². The molecule has 0 saturated carbocycles. The van der Waals surface area contributed by atoms with Crippen molar-refractivity contribution in [2.75, 3.05) is 46.9 Å². The normalized spacial score (nSPS) is 30.4. The van der Waals surface area contributed by atoms with Crippen molar-refractivity contribution < 1.29 is 49.0 Å². The number of phenols is 2. The first-order valence-electron chi connectivity index (χ1n) is 15.1. The molecule has 4 aliphatic rings. The summed E-state index contributed by atoms with van der Waals surface area (Å²) in [6, 6.07) is 3.78. The molecule has 0 radical (unpaired) electrons. The maximum Gasteiger partial charge on any atom is 0.202 e. The minimum absolute atomic E-state index is 0.0105. The van der Waals surface area contributed by atoms with E-state index in [2.05, 4.69) is 4.90 Å². The highest BCUT2D eigenvalue weighted by molar-refractivity contribution is 6.31. The Labute approximate surface area is 260 Å². The predicted molar refractivity (Wildman–Crippen MR) is 159 cm³/mol. The molecule has 2 heterocycles. The van der Waals surface area contributed by atoms with Crippen molar-refractivity contribution in [2.24, 2.45) is 5.73 Å². The van der Waals surface area contributed by atoms with Crippen LogP contribution in [-0.4, -0.2) is 125 Å². The average Bonchev–Trinajstić information content (AvgIpc) is 3.00. The van der Waals surface area contributed by atoms with Crippen LogP contribution in [0.25, 0.3) is 0 Å². The molecule has 0 aromatic heterocycles. The van der Waals surface area contributed by atoms with E-state index in [4.69, 9.17) is 19.9 Å². The number of rotatable bonds is 6. The third-order valence-electron chi connectivity index (χ3n) is 9.62. The number of hydrogen-bond donors (Lipinski definition) is 5. The van der Waals surface area contributed by atoms with Gasteiger partial charge in [0, 0.05) is 68.2 Å². The quantitative estimate of drug-likeness (QED) is 0.235. The second-order valence-electron chi connectivity index (χ2n) is 12.6. The van der Waals surface area contributed by atoms with Crippen molar-refractivity contribution >= 4 is 17.3 Å². The minimum atomic E-state index is -2.05. The van der Waals surface area contributed by atoms with Gasteiger partial charge in [-0.1, -0.05) is 12.1 Å². The number of nitrogens with two attached hydrogens (primary N) is 1. The summed E-state index contributed by atoms with van der Waals surface area (Å²) in [5.74, 6) is -3.04. The molecule has 2 aromatic rings. The lowest BCUT2D eigenvalue weighted by molar-refractivity contribution is -0.247. The number of aliphatic hydroxyl groups excluding tert-OH is 1. The van der Waals surface area contributed by atoms with Crippen LogP contribution in [0.3, 0.4) is 0 Å². The third kappa shape index (κ3) is 5.31. The van der Waals surface area contributed by atoms with Crippen molar-refractivity contribution in [3.05, 3.63) is 51.6 Å². The third-order valence-corrected chi connectivity index (χ3v) is 9.62. The zero-order valence-corrected chi connectivity index (χ0v) is 25.5. The Hall–Kier alpha value is -3.43. The van der Waals surface area contributed by atoms with E-state index in [0.717, 1.165) is 13.1 Å². The highest BCUT2D eigenvalue weighted by Crippen LogP contribution is 2.52. The Bertz CT molecular complexity index is 1540. The molecule has 2 aliphatic carbocycles.